The average Bonchev–Trinajstić information content (AvgIpc) is 1.41. The molecule has 0 atom stereocenters. The van der Waals surface area contributed by atoms with Crippen molar-refractivity contribution in [3.8, 4) is 0 Å². The van der Waals surface area contributed by atoms with Crippen LogP contribution in [0.2, 0.25) is 0 Å². The number of hydrogen-bond donors (Lipinski definition) is 0. The van der Waals surface area contributed by atoms with Gasteiger partial charge in [0.2, 0.25) is 0 Å². The molecule has 0 amide bonds. The van der Waals surface area contributed by atoms with E-state index < -0.39 is 30.7 Å². The molecule has 0 N–H and O–H groups in total. The van der Waals surface area contributed by atoms with Gasteiger partial charge in [-0.2, -0.15) is 0 Å². The Morgan fingerprint density at radius 2 is 0.312 bits per heavy atom. The van der Waals surface area contributed by atoms with Gasteiger partial charge in [-0.1, -0.05) is 0 Å². The Morgan fingerprint density at radius 1 is 0.312 bits per heavy atom. The Morgan fingerprint density at radius 3 is 0.312 bits per heavy atom. The fourth-order valence-corrected chi connectivity index (χ4v) is 0. The second kappa shape index (κ2) is 10.00. The zero-order valence-corrected chi connectivity index (χ0v) is 11.3. The summed E-state index contributed by atoms with van der Waals surface area (Å²) in [5.74, 6) is 0. The molecule has 0 aromatic rings. The van der Waals surface area contributed by atoms with Crippen LogP contribution in [0.15, 0.2) is 0 Å². The zero-order valence-electron chi connectivity index (χ0n) is 6.61. The summed E-state index contributed by atoms with van der Waals surface area (Å²) in [6.07, 6.45) is 0. The largest absolute Gasteiger partial charge is 3.00 e. The van der Waals surface area contributed by atoms with Crippen molar-refractivity contribution in [3.63, 3.8) is 0 Å². The van der Waals surface area contributed by atoms with Crippen LogP contribution in [0.3, 0.4) is 0 Å². The first kappa shape index (κ1) is 25.8. The summed E-state index contributed by atoms with van der Waals surface area (Å²) < 4.78 is 102. The molecule has 0 aliphatic rings. The SMILES string of the molecule is [Ga+3].[O-][Cl+3]([O-])([O-])[O-].[O-][Cl+3]([O-])([O-])[O-].[O-][Cl+3]([O-])([O-])[O-]. The van der Waals surface area contributed by atoms with E-state index in [0.717, 1.165) is 0 Å². The molecule has 16 heavy (non-hydrogen) atoms. The quantitative estimate of drug-likeness (QED) is 0.360. The number of rotatable bonds is 0. The first-order chi connectivity index (χ1) is 6.00. The van der Waals surface area contributed by atoms with Crippen molar-refractivity contribution >= 4 is 19.8 Å². The van der Waals surface area contributed by atoms with Crippen LogP contribution in [-0.4, -0.2) is 19.8 Å². The fraction of sp³-hybridized carbons (Fsp3) is 0. The van der Waals surface area contributed by atoms with Gasteiger partial charge < -0.3 is 0 Å². The summed E-state index contributed by atoms with van der Waals surface area (Å²) in [5.41, 5.74) is 0. The number of halogens is 3. The summed E-state index contributed by atoms with van der Waals surface area (Å²) in [5, 5.41) is 0. The van der Waals surface area contributed by atoms with Gasteiger partial charge in [-0.15, -0.1) is 30.7 Å². The molecular weight excluding hydrogens is 368 g/mol. The molecule has 0 aromatic carbocycles. The van der Waals surface area contributed by atoms with Crippen molar-refractivity contribution in [1.82, 2.24) is 0 Å². The molecule has 0 aliphatic heterocycles. The van der Waals surface area contributed by atoms with Crippen LogP contribution in [0.5, 0.6) is 0 Å². The van der Waals surface area contributed by atoms with Gasteiger partial charge >= 0.3 is 19.8 Å². The Balaban J connectivity index is -0.0000000655. The van der Waals surface area contributed by atoms with Crippen LogP contribution < -0.4 is 55.9 Å². The normalized spacial score (nSPS) is 11.2. The fourth-order valence-electron chi connectivity index (χ4n) is 0. The van der Waals surface area contributed by atoms with E-state index in [4.69, 9.17) is 55.9 Å². The van der Waals surface area contributed by atoms with Crippen molar-refractivity contribution in [2.75, 3.05) is 0 Å². The number of hydrogen-bond acceptors (Lipinski definition) is 12. The van der Waals surface area contributed by atoms with Crippen molar-refractivity contribution in [2.45, 2.75) is 0 Å². The summed E-state index contributed by atoms with van der Waals surface area (Å²) in [7, 11) is -14.8. The average molecular weight is 368 g/mol. The smallest absolute Gasteiger partial charge is 0.222 e. The molecular formula is Cl3GaO12. The monoisotopic (exact) mass is 366 g/mol. The summed E-state index contributed by atoms with van der Waals surface area (Å²) in [4.78, 5) is 0. The maximum atomic E-state index is 8.49. The first-order valence-electron chi connectivity index (χ1n) is 1.85. The molecule has 0 radical (unpaired) electrons. The molecule has 0 rings (SSSR count). The molecule has 0 spiro atoms. The molecule has 0 aromatic heterocycles. The maximum absolute atomic E-state index is 8.49. The van der Waals surface area contributed by atoms with E-state index in [1.54, 1.807) is 0 Å². The van der Waals surface area contributed by atoms with Crippen LogP contribution >= 0.6 is 0 Å². The molecule has 0 saturated carbocycles. The third-order valence-electron chi connectivity index (χ3n) is 0. The van der Waals surface area contributed by atoms with E-state index in [0.29, 0.717) is 0 Å². The summed E-state index contributed by atoms with van der Waals surface area (Å²) >= 11 is 0. The van der Waals surface area contributed by atoms with Gasteiger partial charge in [0.1, 0.15) is 0 Å². The molecule has 0 bridgehead atoms. The zero-order chi connectivity index (χ0) is 13.5. The van der Waals surface area contributed by atoms with E-state index >= 15 is 0 Å². The minimum absolute atomic E-state index is 0. The van der Waals surface area contributed by atoms with Crippen LogP contribution in [0.25, 0.3) is 0 Å². The standard InChI is InChI=1S/3ClHO4.Ga/c3*2-1(3,4)5;/h3*(H,2,3,4,5);/q;;;+3/p-3. The minimum atomic E-state index is -4.94. The Labute approximate surface area is 106 Å². The summed E-state index contributed by atoms with van der Waals surface area (Å²) in [6.45, 7) is 0. The van der Waals surface area contributed by atoms with Gasteiger partial charge in [-0.3, -0.25) is 0 Å². The van der Waals surface area contributed by atoms with Gasteiger partial charge in [-0.25, -0.2) is 55.9 Å². The molecule has 0 unspecified atom stereocenters. The predicted molar refractivity (Wildman–Crippen MR) is 5.75 cm³/mol. The van der Waals surface area contributed by atoms with E-state index in [1.165, 1.54) is 0 Å². The molecule has 0 heterocycles. The predicted octanol–water partition coefficient (Wildman–Crippen LogP) is -14.6. The maximum Gasteiger partial charge on any atom is 3.00 e. The van der Waals surface area contributed by atoms with Gasteiger partial charge in [0, 0.05) is 0 Å². The molecule has 0 fully saturated rings. The second-order valence-corrected chi connectivity index (χ2v) is 3.40. The third-order valence-corrected chi connectivity index (χ3v) is 0. The summed E-state index contributed by atoms with van der Waals surface area (Å²) in [6, 6.07) is 0. The van der Waals surface area contributed by atoms with Crippen LogP contribution in [-0.2, 0) is 0 Å². The Bertz CT molecular complexity index is 91.3. The molecule has 16 heteroatoms. The molecule has 12 nitrogen and oxygen atoms in total. The van der Waals surface area contributed by atoms with Gasteiger partial charge in [-0.05, 0) is 0 Å². The van der Waals surface area contributed by atoms with Crippen molar-refractivity contribution in [1.29, 1.82) is 0 Å². The van der Waals surface area contributed by atoms with Gasteiger partial charge in [0.15, 0.2) is 0 Å². The molecule has 0 saturated heterocycles. The van der Waals surface area contributed by atoms with Gasteiger partial charge in [0.05, 0.1) is 0 Å². The van der Waals surface area contributed by atoms with E-state index in [-0.39, 0.29) is 19.8 Å². The van der Waals surface area contributed by atoms with E-state index in [2.05, 4.69) is 0 Å². The van der Waals surface area contributed by atoms with E-state index in [1.807, 2.05) is 0 Å². The van der Waals surface area contributed by atoms with Gasteiger partial charge in [0.25, 0.3) is 0 Å². The van der Waals surface area contributed by atoms with Crippen molar-refractivity contribution < 1.29 is 86.6 Å². The first-order valence-corrected chi connectivity index (χ1v) is 5.55. The third kappa shape index (κ3) is 2810. The Kier molecular flexibility index (Phi) is 16.1. The molecule has 0 aliphatic carbocycles. The van der Waals surface area contributed by atoms with Crippen molar-refractivity contribution in [3.05, 3.63) is 0 Å². The van der Waals surface area contributed by atoms with Crippen LogP contribution in [0.1, 0.15) is 0 Å². The topological polar surface area (TPSA) is 277 Å². The Hall–Kier alpha value is 1.03. The van der Waals surface area contributed by atoms with Crippen LogP contribution in [0, 0.1) is 30.7 Å². The minimum Gasteiger partial charge on any atom is -0.222 e. The molecule has 96 valence electrons. The van der Waals surface area contributed by atoms with E-state index in [9.17, 15) is 0 Å². The second-order valence-electron chi connectivity index (χ2n) is 1.13. The van der Waals surface area contributed by atoms with Crippen molar-refractivity contribution in [2.24, 2.45) is 0 Å². The van der Waals surface area contributed by atoms with Crippen LogP contribution in [0.4, 0.5) is 0 Å².